The molecule has 0 aromatic heterocycles. The zero-order chi connectivity index (χ0) is 23.0. The van der Waals surface area contributed by atoms with Crippen molar-refractivity contribution in [3.8, 4) is 0 Å². The van der Waals surface area contributed by atoms with Crippen LogP contribution in [0.3, 0.4) is 0 Å². The number of hydrogen-bond donors (Lipinski definition) is 3. The molecule has 0 spiro atoms. The summed E-state index contributed by atoms with van der Waals surface area (Å²) in [5.41, 5.74) is 2.25. The number of alkyl halides is 1. The van der Waals surface area contributed by atoms with Gasteiger partial charge in [0.25, 0.3) is 0 Å². The largest absolute Gasteiger partial charge is 0.393 e. The SMILES string of the molecule is C=C1/C(=C/C=C2\CCC[C@@]3(C)[C@@H]([C@H](C)CCCC(C)(C)O)C(F)C[C@@H]23)C[C@@H](O)C[C@@H]1O. The Kier molecular flexibility index (Phi) is 7.55. The first-order chi connectivity index (χ1) is 14.4. The van der Waals surface area contributed by atoms with Gasteiger partial charge in [0.1, 0.15) is 6.17 Å². The van der Waals surface area contributed by atoms with E-state index in [1.807, 2.05) is 19.9 Å². The van der Waals surface area contributed by atoms with Crippen LogP contribution in [0.2, 0.25) is 0 Å². The first-order valence-corrected chi connectivity index (χ1v) is 12.2. The molecule has 31 heavy (non-hydrogen) atoms. The van der Waals surface area contributed by atoms with Crippen molar-refractivity contribution in [1.82, 2.24) is 0 Å². The van der Waals surface area contributed by atoms with Crippen molar-refractivity contribution in [3.05, 3.63) is 35.5 Å². The molecule has 4 heteroatoms. The van der Waals surface area contributed by atoms with Gasteiger partial charge < -0.3 is 15.3 Å². The third kappa shape index (κ3) is 5.51. The molecule has 3 saturated carbocycles. The van der Waals surface area contributed by atoms with E-state index in [-0.39, 0.29) is 17.3 Å². The molecule has 3 nitrogen and oxygen atoms in total. The molecule has 176 valence electrons. The van der Waals surface area contributed by atoms with Crippen LogP contribution in [0.4, 0.5) is 4.39 Å². The van der Waals surface area contributed by atoms with Gasteiger partial charge in [0, 0.05) is 6.42 Å². The van der Waals surface area contributed by atoms with Crippen LogP contribution in [-0.4, -0.2) is 39.3 Å². The van der Waals surface area contributed by atoms with Gasteiger partial charge in [0.05, 0.1) is 17.8 Å². The zero-order valence-corrected chi connectivity index (χ0v) is 19.9. The molecule has 0 bridgehead atoms. The molecule has 1 unspecified atom stereocenters. The molecule has 0 radical (unpaired) electrons. The molecular weight excluding hydrogens is 391 g/mol. The van der Waals surface area contributed by atoms with Gasteiger partial charge >= 0.3 is 0 Å². The summed E-state index contributed by atoms with van der Waals surface area (Å²) < 4.78 is 15.4. The highest BCUT2D eigenvalue weighted by Gasteiger charge is 2.55. The van der Waals surface area contributed by atoms with Gasteiger partial charge in [-0.25, -0.2) is 4.39 Å². The molecule has 0 heterocycles. The number of hydrogen-bond acceptors (Lipinski definition) is 3. The first-order valence-electron chi connectivity index (χ1n) is 12.2. The van der Waals surface area contributed by atoms with E-state index in [4.69, 9.17) is 0 Å². The molecule has 0 aromatic carbocycles. The van der Waals surface area contributed by atoms with Gasteiger partial charge in [0.2, 0.25) is 0 Å². The molecule has 3 rings (SSSR count). The van der Waals surface area contributed by atoms with Crippen LogP contribution in [0.5, 0.6) is 0 Å². The van der Waals surface area contributed by atoms with E-state index in [1.54, 1.807) is 0 Å². The summed E-state index contributed by atoms with van der Waals surface area (Å²) in [6.07, 6.45) is 9.40. The maximum atomic E-state index is 15.4. The molecule has 3 fully saturated rings. The molecule has 3 aliphatic rings. The molecule has 3 N–H and O–H groups in total. The summed E-state index contributed by atoms with van der Waals surface area (Å²) in [7, 11) is 0. The van der Waals surface area contributed by atoms with Crippen molar-refractivity contribution < 1.29 is 19.7 Å². The second-order valence-corrected chi connectivity index (χ2v) is 11.4. The van der Waals surface area contributed by atoms with Gasteiger partial charge in [-0.15, -0.1) is 0 Å². The Balaban J connectivity index is 1.75. The summed E-state index contributed by atoms with van der Waals surface area (Å²) >= 11 is 0. The van der Waals surface area contributed by atoms with E-state index in [9.17, 15) is 15.3 Å². The maximum Gasteiger partial charge on any atom is 0.104 e. The van der Waals surface area contributed by atoms with Gasteiger partial charge in [-0.05, 0) is 86.7 Å². The van der Waals surface area contributed by atoms with Crippen molar-refractivity contribution >= 4 is 0 Å². The van der Waals surface area contributed by atoms with E-state index in [1.165, 1.54) is 5.57 Å². The van der Waals surface area contributed by atoms with Gasteiger partial charge in [-0.1, -0.05) is 51.0 Å². The fourth-order valence-corrected chi connectivity index (χ4v) is 6.76. The highest BCUT2D eigenvalue weighted by Crippen LogP contribution is 2.60. The lowest BCUT2D eigenvalue weighted by Crippen LogP contribution is -2.37. The minimum Gasteiger partial charge on any atom is -0.393 e. The van der Waals surface area contributed by atoms with Gasteiger partial charge in [-0.2, -0.15) is 0 Å². The van der Waals surface area contributed by atoms with Crippen molar-refractivity contribution in [1.29, 1.82) is 0 Å². The lowest BCUT2D eigenvalue weighted by Gasteiger charge is -2.44. The zero-order valence-electron chi connectivity index (χ0n) is 19.9. The lowest BCUT2D eigenvalue weighted by molar-refractivity contribution is 0.0481. The second kappa shape index (κ2) is 9.49. The smallest absolute Gasteiger partial charge is 0.104 e. The van der Waals surface area contributed by atoms with Crippen LogP contribution < -0.4 is 0 Å². The van der Waals surface area contributed by atoms with E-state index in [0.717, 1.165) is 44.1 Å². The Morgan fingerprint density at radius 3 is 2.65 bits per heavy atom. The number of allylic oxidation sites excluding steroid dienone is 3. The van der Waals surface area contributed by atoms with Gasteiger partial charge in [-0.3, -0.25) is 0 Å². The lowest BCUT2D eigenvalue weighted by atomic mass is 9.60. The monoisotopic (exact) mass is 434 g/mol. The number of fused-ring (bicyclic) bond motifs is 1. The molecular formula is C27H43FO3. The maximum absolute atomic E-state index is 15.4. The Morgan fingerprint density at radius 1 is 1.26 bits per heavy atom. The topological polar surface area (TPSA) is 60.7 Å². The third-order valence-electron chi connectivity index (χ3n) is 8.36. The van der Waals surface area contributed by atoms with Gasteiger partial charge in [0.15, 0.2) is 0 Å². The molecule has 0 saturated heterocycles. The predicted octanol–water partition coefficient (Wildman–Crippen LogP) is 5.65. The molecule has 3 aliphatic carbocycles. The van der Waals surface area contributed by atoms with Crippen LogP contribution in [0.15, 0.2) is 35.5 Å². The number of rotatable bonds is 6. The van der Waals surface area contributed by atoms with Crippen molar-refractivity contribution in [2.45, 2.75) is 109 Å². The average molecular weight is 435 g/mol. The molecule has 0 aliphatic heterocycles. The van der Waals surface area contributed by atoms with Crippen molar-refractivity contribution in [2.24, 2.45) is 23.2 Å². The fraction of sp³-hybridized carbons (Fsp3) is 0.778. The normalized spacial score (nSPS) is 40.4. The van der Waals surface area contributed by atoms with Crippen LogP contribution in [0.25, 0.3) is 0 Å². The summed E-state index contributed by atoms with van der Waals surface area (Å²) in [5, 5.41) is 30.1. The highest BCUT2D eigenvalue weighted by molar-refractivity contribution is 5.38. The molecule has 0 amide bonds. The number of aliphatic hydroxyl groups is 3. The third-order valence-corrected chi connectivity index (χ3v) is 8.36. The van der Waals surface area contributed by atoms with Crippen LogP contribution in [0, 0.1) is 23.2 Å². The van der Waals surface area contributed by atoms with E-state index < -0.39 is 24.0 Å². The summed E-state index contributed by atoms with van der Waals surface area (Å²) in [6.45, 7) is 12.2. The van der Waals surface area contributed by atoms with Crippen LogP contribution in [-0.2, 0) is 0 Å². The van der Waals surface area contributed by atoms with E-state index >= 15 is 4.39 Å². The Labute approximate surface area is 188 Å². The number of aliphatic hydroxyl groups excluding tert-OH is 2. The average Bonchev–Trinajstić information content (AvgIpc) is 2.92. The van der Waals surface area contributed by atoms with Crippen molar-refractivity contribution in [3.63, 3.8) is 0 Å². The summed E-state index contributed by atoms with van der Waals surface area (Å²) in [5.74, 6) is 0.610. The van der Waals surface area contributed by atoms with Crippen LogP contribution in [0.1, 0.15) is 85.5 Å². The summed E-state index contributed by atoms with van der Waals surface area (Å²) in [4.78, 5) is 0. The minimum absolute atomic E-state index is 0.0290. The van der Waals surface area contributed by atoms with Crippen molar-refractivity contribution in [2.75, 3.05) is 0 Å². The predicted molar refractivity (Wildman–Crippen MR) is 124 cm³/mol. The second-order valence-electron chi connectivity index (χ2n) is 11.4. The molecule has 0 aromatic rings. The van der Waals surface area contributed by atoms with E-state index in [2.05, 4.69) is 26.5 Å². The van der Waals surface area contributed by atoms with Crippen LogP contribution >= 0.6 is 0 Å². The quantitative estimate of drug-likeness (QED) is 0.506. The standard InChI is InChI=1S/C27H43FO3/c1-17(8-6-12-26(3,4)31)25-23(28)16-22-19(9-7-13-27(22,25)5)10-11-20-14-21(29)15-24(30)18(20)2/h10-11,17,21-25,29-31H,2,6-9,12-16H2,1,3-5H3/b19-10+,20-11+/t17-,21-,22+,23?,24+,25+,27-/m1/s1. The summed E-state index contributed by atoms with van der Waals surface area (Å²) in [6, 6.07) is 0. The molecule has 7 atom stereocenters. The number of halogens is 1. The minimum atomic E-state index is -0.783. The Hall–Kier alpha value is -0.970. The fourth-order valence-electron chi connectivity index (χ4n) is 6.76. The Morgan fingerprint density at radius 2 is 1.97 bits per heavy atom. The Bertz CT molecular complexity index is 718. The first kappa shape index (κ1) is 24.7. The highest BCUT2D eigenvalue weighted by atomic mass is 19.1. The van der Waals surface area contributed by atoms with E-state index in [0.29, 0.717) is 30.8 Å².